The summed E-state index contributed by atoms with van der Waals surface area (Å²) in [4.78, 5) is 12.5. The molecule has 64 heavy (non-hydrogen) atoms. The van der Waals surface area contributed by atoms with E-state index in [1.807, 2.05) is 0 Å². The average Bonchev–Trinajstić information content (AvgIpc) is 3.63. The van der Waals surface area contributed by atoms with Gasteiger partial charge in [0.25, 0.3) is 0 Å². The van der Waals surface area contributed by atoms with Gasteiger partial charge in [-0.15, -0.1) is 0 Å². The van der Waals surface area contributed by atoms with Gasteiger partial charge in [-0.3, -0.25) is 4.79 Å². The summed E-state index contributed by atoms with van der Waals surface area (Å²) in [5.74, 6) is 1.58. The number of rotatable bonds is 10. The number of carbonyl (C=O) groups excluding carboxylic acids is 1. The Morgan fingerprint density at radius 3 is 1.66 bits per heavy atom. The largest absolute Gasteiger partial charge is 0.394 e. The molecule has 0 aromatic heterocycles. The van der Waals surface area contributed by atoms with E-state index in [1.54, 1.807) is 6.92 Å². The molecule has 3 unspecified atom stereocenters. The highest BCUT2D eigenvalue weighted by atomic mass is 16.8. The number of hydrogen-bond donors (Lipinski definition) is 10. The van der Waals surface area contributed by atoms with Crippen LogP contribution in [0, 0.1) is 28.6 Å². The number of aliphatic hydroxyl groups is 10. The molecule has 0 amide bonds. The quantitative estimate of drug-likeness (QED) is 0.115. The van der Waals surface area contributed by atoms with Crippen LogP contribution in [0.3, 0.4) is 0 Å². The van der Waals surface area contributed by atoms with Gasteiger partial charge in [0.05, 0.1) is 31.0 Å². The van der Waals surface area contributed by atoms with Gasteiger partial charge in [0, 0.05) is 0 Å². The maximum absolute atomic E-state index is 12.5. The van der Waals surface area contributed by atoms with E-state index < -0.39 is 129 Å². The molecule has 8 aliphatic rings. The third-order valence-electron chi connectivity index (χ3n) is 16.4. The number of allylic oxidation sites excluding steroid dienone is 3. The fourth-order valence-corrected chi connectivity index (χ4v) is 12.6. The minimum Gasteiger partial charge on any atom is -0.394 e. The molecule has 4 saturated heterocycles. The number of hydrogen-bond acceptors (Lipinski definition) is 19. The van der Waals surface area contributed by atoms with Crippen LogP contribution in [0.2, 0.25) is 0 Å². The van der Waals surface area contributed by atoms with Crippen LogP contribution in [0.1, 0.15) is 86.5 Å². The van der Waals surface area contributed by atoms with Crippen molar-refractivity contribution in [1.29, 1.82) is 0 Å². The molecule has 4 heterocycles. The Balaban J connectivity index is 0.849. The first-order chi connectivity index (χ1) is 30.2. The van der Waals surface area contributed by atoms with Gasteiger partial charge in [-0.1, -0.05) is 31.6 Å². The summed E-state index contributed by atoms with van der Waals surface area (Å²) < 4.78 is 47.0. The summed E-state index contributed by atoms with van der Waals surface area (Å²) in [7, 11) is 0. The normalized spacial score (nSPS) is 54.2. The standard InChI is InChI=1S/C45H70O19/c1-17(47)24-9-10-25-23-8-7-21-15-22(11-13-44(21,5)26(23)12-14-45(24,25)6)60-43-36(56)32(52)39(27(16-46)61-43)64-42-35(55)31(51)38(20(4)59-42)63-41-34(54)30(50)37(19(3)58-41)62-40-33(53)29(49)28(48)18(2)57-40/h7,9,18-20,22-23,25-43,46,48-56H,8,10-16H2,1-6H3/t18-,19-,20-,22-,23?,25?,26?,27+,28-,29+,30-,31-,32+,33+,34+,35+,36+,37-,38-,39+,40-,41-,42-,43+,44-,45+/m0/s1. The lowest BCUT2D eigenvalue weighted by Crippen LogP contribution is -2.66. The van der Waals surface area contributed by atoms with Crippen molar-refractivity contribution in [3.05, 3.63) is 23.3 Å². The molecule has 2 saturated carbocycles. The van der Waals surface area contributed by atoms with Crippen LogP contribution >= 0.6 is 0 Å². The molecule has 0 bridgehead atoms. The Morgan fingerprint density at radius 2 is 1.09 bits per heavy atom. The second-order valence-corrected chi connectivity index (χ2v) is 20.2. The fraction of sp³-hybridized carbons (Fsp3) is 0.889. The number of ether oxygens (including phenoxy) is 8. The lowest BCUT2D eigenvalue weighted by molar-refractivity contribution is -0.384. The first-order valence-corrected chi connectivity index (χ1v) is 23.1. The van der Waals surface area contributed by atoms with E-state index in [1.165, 1.54) is 26.3 Å². The molecule has 0 radical (unpaired) electrons. The van der Waals surface area contributed by atoms with Crippen molar-refractivity contribution >= 4 is 5.78 Å². The van der Waals surface area contributed by atoms with E-state index in [9.17, 15) is 55.9 Å². The Bertz CT molecular complexity index is 1730. The Morgan fingerprint density at radius 1 is 0.594 bits per heavy atom. The zero-order valence-corrected chi connectivity index (χ0v) is 37.3. The van der Waals surface area contributed by atoms with E-state index in [-0.39, 0.29) is 22.7 Å². The molecule has 6 fully saturated rings. The van der Waals surface area contributed by atoms with E-state index in [0.29, 0.717) is 30.6 Å². The van der Waals surface area contributed by atoms with Gasteiger partial charge in [0.15, 0.2) is 30.9 Å². The van der Waals surface area contributed by atoms with Gasteiger partial charge in [-0.2, -0.15) is 0 Å². The summed E-state index contributed by atoms with van der Waals surface area (Å²) in [6.45, 7) is 10.1. The summed E-state index contributed by atoms with van der Waals surface area (Å²) in [6.07, 6.45) is -19.1. The van der Waals surface area contributed by atoms with E-state index in [0.717, 1.165) is 37.7 Å². The third-order valence-corrected chi connectivity index (χ3v) is 16.4. The number of Topliss-reactive ketones (excluding diaryl/α,β-unsaturated/α-hetero) is 1. The first kappa shape index (κ1) is 48.9. The summed E-state index contributed by atoms with van der Waals surface area (Å²) in [5.41, 5.74) is 2.20. The Kier molecular flexibility index (Phi) is 14.3. The monoisotopic (exact) mass is 914 g/mol. The topological polar surface area (TPSA) is 293 Å². The van der Waals surface area contributed by atoms with Crippen LogP contribution in [-0.2, 0) is 42.7 Å². The molecule has 0 aromatic rings. The zero-order chi connectivity index (χ0) is 46.3. The first-order valence-electron chi connectivity index (χ1n) is 23.1. The third kappa shape index (κ3) is 8.50. The number of carbonyl (C=O) groups is 1. The second kappa shape index (κ2) is 18.7. The molecule has 364 valence electrons. The van der Waals surface area contributed by atoms with Crippen molar-refractivity contribution in [3.63, 3.8) is 0 Å². The van der Waals surface area contributed by atoms with Crippen molar-refractivity contribution in [2.45, 2.75) is 215 Å². The SMILES string of the molecule is CC(=O)C1=CCC2C3CC=C4C[C@@H](O[C@@H]5O[C@H](CO)[C@@H](O[C@@H]6O[C@@H](C)[C@H](O[C@@H]7O[C@@H](C)[C@H](O[C@@H]8O[C@@H](C)[C@H](O)[C@@H](O)[C@H]8O)[C@@H](O)[C@H]7O)[C@@H](O)[C@H]6O)[C@H](O)[C@H]5O)CC[C@]4(C)C3CC[C@]12C. The second-order valence-electron chi connectivity index (χ2n) is 20.2. The molecule has 4 aliphatic heterocycles. The van der Waals surface area contributed by atoms with Crippen LogP contribution in [0.5, 0.6) is 0 Å². The van der Waals surface area contributed by atoms with Crippen LogP contribution in [0.4, 0.5) is 0 Å². The smallest absolute Gasteiger partial charge is 0.187 e. The molecule has 0 aromatic carbocycles. The van der Waals surface area contributed by atoms with Crippen LogP contribution in [0.15, 0.2) is 23.3 Å². The predicted octanol–water partition coefficient (Wildman–Crippen LogP) is -1.18. The molecular weight excluding hydrogens is 844 g/mol. The molecule has 19 nitrogen and oxygen atoms in total. The highest BCUT2D eigenvalue weighted by molar-refractivity contribution is 5.95. The van der Waals surface area contributed by atoms with Gasteiger partial charge in [-0.05, 0) is 107 Å². The Hall–Kier alpha value is -1.57. The van der Waals surface area contributed by atoms with Crippen molar-refractivity contribution in [1.82, 2.24) is 0 Å². The number of fused-ring (bicyclic) bond motifs is 5. The summed E-state index contributed by atoms with van der Waals surface area (Å²) in [6, 6.07) is 0. The average molecular weight is 915 g/mol. The molecule has 4 aliphatic carbocycles. The maximum atomic E-state index is 12.5. The lowest BCUT2D eigenvalue weighted by Gasteiger charge is -2.58. The van der Waals surface area contributed by atoms with Crippen molar-refractivity contribution < 1.29 is 93.8 Å². The van der Waals surface area contributed by atoms with Crippen LogP contribution in [-0.4, -0.2) is 192 Å². The molecular formula is C45H70O19. The van der Waals surface area contributed by atoms with Crippen molar-refractivity contribution in [3.8, 4) is 0 Å². The number of aliphatic hydroxyl groups excluding tert-OH is 10. The lowest BCUT2D eigenvalue weighted by atomic mass is 9.47. The van der Waals surface area contributed by atoms with Crippen LogP contribution < -0.4 is 0 Å². The highest BCUT2D eigenvalue weighted by Crippen LogP contribution is 2.65. The van der Waals surface area contributed by atoms with Gasteiger partial charge < -0.3 is 89.0 Å². The van der Waals surface area contributed by atoms with Crippen molar-refractivity contribution in [2.24, 2.45) is 28.6 Å². The molecule has 8 rings (SSSR count). The Labute approximate surface area is 372 Å². The van der Waals surface area contributed by atoms with Crippen LogP contribution in [0.25, 0.3) is 0 Å². The minimum atomic E-state index is -1.83. The summed E-state index contributed by atoms with van der Waals surface area (Å²) >= 11 is 0. The molecule has 19 heteroatoms. The molecule has 10 N–H and O–H groups in total. The van der Waals surface area contributed by atoms with Gasteiger partial charge in [-0.25, -0.2) is 0 Å². The summed E-state index contributed by atoms with van der Waals surface area (Å²) in [5, 5.41) is 108. The molecule has 0 spiro atoms. The van der Waals surface area contributed by atoms with E-state index >= 15 is 0 Å². The van der Waals surface area contributed by atoms with E-state index in [4.69, 9.17) is 37.9 Å². The zero-order valence-electron chi connectivity index (χ0n) is 37.3. The van der Waals surface area contributed by atoms with Gasteiger partial charge >= 0.3 is 0 Å². The number of ketones is 1. The fourth-order valence-electron chi connectivity index (χ4n) is 12.6. The minimum absolute atomic E-state index is 0.0261. The van der Waals surface area contributed by atoms with Crippen molar-refractivity contribution in [2.75, 3.05) is 6.61 Å². The van der Waals surface area contributed by atoms with E-state index in [2.05, 4.69) is 26.0 Å². The van der Waals surface area contributed by atoms with Gasteiger partial charge in [0.2, 0.25) is 0 Å². The molecule has 26 atom stereocenters. The predicted molar refractivity (Wildman–Crippen MR) is 218 cm³/mol. The highest BCUT2D eigenvalue weighted by Gasteiger charge is 2.59. The van der Waals surface area contributed by atoms with Gasteiger partial charge in [0.1, 0.15) is 79.4 Å². The maximum Gasteiger partial charge on any atom is 0.187 e.